The summed E-state index contributed by atoms with van der Waals surface area (Å²) in [7, 11) is 0. The molecule has 1 aliphatic heterocycles. The van der Waals surface area contributed by atoms with Crippen molar-refractivity contribution in [3.63, 3.8) is 0 Å². The van der Waals surface area contributed by atoms with E-state index in [1.54, 1.807) is 36.4 Å². The molecule has 0 saturated carbocycles. The monoisotopic (exact) mass is 461 g/mol. The fourth-order valence-corrected chi connectivity index (χ4v) is 4.34. The number of benzene rings is 2. The molecule has 34 heavy (non-hydrogen) atoms. The lowest BCUT2D eigenvalue weighted by atomic mass is 9.98. The van der Waals surface area contributed by atoms with Gasteiger partial charge in [-0.3, -0.25) is 9.59 Å². The number of esters is 1. The Bertz CT molecular complexity index is 1270. The highest BCUT2D eigenvalue weighted by molar-refractivity contribution is 6.15. The molecule has 1 aromatic heterocycles. The van der Waals surface area contributed by atoms with Gasteiger partial charge in [-0.25, -0.2) is 4.79 Å². The zero-order valence-corrected chi connectivity index (χ0v) is 19.7. The second-order valence-corrected chi connectivity index (χ2v) is 8.48. The first kappa shape index (κ1) is 23.3. The van der Waals surface area contributed by atoms with Gasteiger partial charge in [0.25, 0.3) is 0 Å². The first-order valence-corrected chi connectivity index (χ1v) is 11.2. The average molecular weight is 462 g/mol. The van der Waals surface area contributed by atoms with Crippen LogP contribution in [0.2, 0.25) is 0 Å². The number of carbonyl (C=O) groups excluding carboxylic acids is 3. The zero-order chi connectivity index (χ0) is 24.4. The maximum absolute atomic E-state index is 13.2. The summed E-state index contributed by atoms with van der Waals surface area (Å²) in [6.07, 6.45) is 0. The summed E-state index contributed by atoms with van der Waals surface area (Å²) in [6.45, 7) is 8.36. The van der Waals surface area contributed by atoms with Crippen molar-refractivity contribution in [2.24, 2.45) is 0 Å². The molecule has 0 radical (unpaired) electrons. The minimum absolute atomic E-state index is 0.0999. The van der Waals surface area contributed by atoms with Crippen molar-refractivity contribution in [2.45, 2.75) is 33.7 Å². The molecule has 7 nitrogen and oxygen atoms in total. The van der Waals surface area contributed by atoms with Crippen LogP contribution < -0.4 is 9.47 Å². The summed E-state index contributed by atoms with van der Waals surface area (Å²) in [5, 5.41) is 0. The van der Waals surface area contributed by atoms with Crippen LogP contribution in [0.25, 0.3) is 0 Å². The molecule has 0 bridgehead atoms. The number of Topliss-reactive ketones (excluding diaryl/α,β-unsaturated/α-hetero) is 1. The van der Waals surface area contributed by atoms with Gasteiger partial charge in [-0.15, -0.1) is 0 Å². The van der Waals surface area contributed by atoms with Crippen LogP contribution in [0.15, 0.2) is 48.5 Å². The van der Waals surface area contributed by atoms with Gasteiger partial charge in [-0.2, -0.15) is 0 Å². The molecule has 0 N–H and O–H groups in total. The maximum Gasteiger partial charge on any atom is 0.339 e. The number of aryl methyl sites for hydroxylation is 1. The highest BCUT2D eigenvalue weighted by Crippen LogP contribution is 2.32. The number of nitrogens with zero attached hydrogens (tertiary/aromatic N) is 1. The van der Waals surface area contributed by atoms with Crippen LogP contribution in [0, 0.1) is 13.8 Å². The summed E-state index contributed by atoms with van der Waals surface area (Å²) in [5.74, 6) is -0.305. The summed E-state index contributed by atoms with van der Waals surface area (Å²) in [4.78, 5) is 38.8. The SMILES string of the molecule is Cc1cc(C(=O)COC(=O)c2ccccc2C(=O)c2ccc3c(c2)OCCO3)c(C)n1C(C)C. The zero-order valence-electron chi connectivity index (χ0n) is 19.7. The van der Waals surface area contributed by atoms with Crippen molar-refractivity contribution in [3.05, 3.63) is 82.2 Å². The smallest absolute Gasteiger partial charge is 0.339 e. The van der Waals surface area contributed by atoms with Crippen LogP contribution in [0.5, 0.6) is 11.5 Å². The predicted octanol–water partition coefficient (Wildman–Crippen LogP) is 4.73. The van der Waals surface area contributed by atoms with Crippen molar-refractivity contribution < 1.29 is 28.6 Å². The third-order valence-electron chi connectivity index (χ3n) is 5.83. The van der Waals surface area contributed by atoms with Gasteiger partial charge in [-0.1, -0.05) is 18.2 Å². The van der Waals surface area contributed by atoms with Crippen LogP contribution >= 0.6 is 0 Å². The van der Waals surface area contributed by atoms with E-state index in [2.05, 4.69) is 4.57 Å². The molecule has 0 atom stereocenters. The van der Waals surface area contributed by atoms with Gasteiger partial charge in [0.05, 0.1) is 5.56 Å². The Balaban J connectivity index is 1.52. The molecular formula is C27H27NO6. The topological polar surface area (TPSA) is 83.8 Å². The van der Waals surface area contributed by atoms with E-state index in [0.717, 1.165) is 11.4 Å². The fraction of sp³-hybridized carbons (Fsp3) is 0.296. The third kappa shape index (κ3) is 4.46. The lowest BCUT2D eigenvalue weighted by molar-refractivity contribution is 0.0472. The van der Waals surface area contributed by atoms with E-state index in [9.17, 15) is 14.4 Å². The number of rotatable bonds is 7. The van der Waals surface area contributed by atoms with Gasteiger partial charge in [-0.05, 0) is 58.0 Å². The van der Waals surface area contributed by atoms with E-state index < -0.39 is 12.6 Å². The quantitative estimate of drug-likeness (QED) is 0.374. The van der Waals surface area contributed by atoms with Gasteiger partial charge >= 0.3 is 5.97 Å². The van der Waals surface area contributed by atoms with E-state index >= 15 is 0 Å². The number of aromatic nitrogens is 1. The maximum atomic E-state index is 13.2. The molecule has 7 heteroatoms. The van der Waals surface area contributed by atoms with E-state index in [-0.39, 0.29) is 28.7 Å². The van der Waals surface area contributed by atoms with Crippen LogP contribution in [0.4, 0.5) is 0 Å². The summed E-state index contributed by atoms with van der Waals surface area (Å²) in [5.41, 5.74) is 2.99. The van der Waals surface area contributed by atoms with Crippen molar-refractivity contribution in [3.8, 4) is 11.5 Å². The molecule has 1 aliphatic rings. The molecule has 0 fully saturated rings. The van der Waals surface area contributed by atoms with Gasteiger partial charge in [0, 0.05) is 34.1 Å². The second-order valence-electron chi connectivity index (χ2n) is 8.48. The van der Waals surface area contributed by atoms with E-state index in [1.807, 2.05) is 33.8 Å². The molecule has 0 spiro atoms. The Hall–Kier alpha value is -3.87. The Morgan fingerprint density at radius 3 is 2.26 bits per heavy atom. The van der Waals surface area contributed by atoms with Gasteiger partial charge < -0.3 is 18.8 Å². The van der Waals surface area contributed by atoms with Gasteiger partial charge in [0.1, 0.15) is 13.2 Å². The summed E-state index contributed by atoms with van der Waals surface area (Å²) < 4.78 is 18.5. The Morgan fingerprint density at radius 1 is 0.912 bits per heavy atom. The van der Waals surface area contributed by atoms with E-state index in [0.29, 0.717) is 35.8 Å². The van der Waals surface area contributed by atoms with E-state index in [1.165, 1.54) is 6.07 Å². The van der Waals surface area contributed by atoms with Crippen LogP contribution in [0.1, 0.15) is 67.9 Å². The Kier molecular flexibility index (Phi) is 6.54. The van der Waals surface area contributed by atoms with E-state index in [4.69, 9.17) is 14.2 Å². The molecule has 0 aliphatic carbocycles. The number of ketones is 2. The molecule has 2 aromatic carbocycles. The third-order valence-corrected chi connectivity index (χ3v) is 5.83. The van der Waals surface area contributed by atoms with Gasteiger partial charge in [0.2, 0.25) is 5.78 Å². The highest BCUT2D eigenvalue weighted by Gasteiger charge is 2.23. The van der Waals surface area contributed by atoms with Crippen LogP contribution in [0.3, 0.4) is 0 Å². The Labute approximate surface area is 198 Å². The average Bonchev–Trinajstić information content (AvgIpc) is 3.15. The summed E-state index contributed by atoms with van der Waals surface area (Å²) >= 11 is 0. The van der Waals surface area contributed by atoms with Crippen molar-refractivity contribution in [1.82, 2.24) is 4.57 Å². The van der Waals surface area contributed by atoms with Crippen molar-refractivity contribution in [2.75, 3.05) is 19.8 Å². The standard InChI is InChI=1S/C27H27NO6/c1-16(2)28-17(3)13-22(18(28)4)23(29)15-34-27(31)21-8-6-5-7-20(21)26(30)19-9-10-24-25(14-19)33-12-11-32-24/h5-10,13-14,16H,11-12,15H2,1-4H3. The van der Waals surface area contributed by atoms with Gasteiger partial charge in [0.15, 0.2) is 23.9 Å². The highest BCUT2D eigenvalue weighted by atomic mass is 16.6. The molecule has 4 rings (SSSR count). The molecule has 176 valence electrons. The predicted molar refractivity (Wildman–Crippen MR) is 126 cm³/mol. The number of fused-ring (bicyclic) bond motifs is 1. The molecule has 3 aromatic rings. The Morgan fingerprint density at radius 2 is 1.59 bits per heavy atom. The molecule has 0 unspecified atom stereocenters. The molecule has 0 amide bonds. The second kappa shape index (κ2) is 9.55. The molecular weight excluding hydrogens is 434 g/mol. The lowest BCUT2D eigenvalue weighted by Crippen LogP contribution is -2.18. The minimum Gasteiger partial charge on any atom is -0.486 e. The van der Waals surface area contributed by atoms with Crippen molar-refractivity contribution in [1.29, 1.82) is 0 Å². The fourth-order valence-electron chi connectivity index (χ4n) is 4.34. The normalized spacial score (nSPS) is 12.5. The summed E-state index contributed by atoms with van der Waals surface area (Å²) in [6, 6.07) is 13.3. The number of carbonyl (C=O) groups is 3. The number of hydrogen-bond acceptors (Lipinski definition) is 6. The minimum atomic E-state index is -0.729. The lowest BCUT2D eigenvalue weighted by Gasteiger charge is -2.18. The number of hydrogen-bond donors (Lipinski definition) is 0. The largest absolute Gasteiger partial charge is 0.486 e. The number of ether oxygens (including phenoxy) is 3. The first-order chi connectivity index (χ1) is 16.3. The molecule has 0 saturated heterocycles. The molecule has 2 heterocycles. The van der Waals surface area contributed by atoms with Crippen molar-refractivity contribution >= 4 is 17.5 Å². The van der Waals surface area contributed by atoms with Crippen LogP contribution in [-0.2, 0) is 4.74 Å². The first-order valence-electron chi connectivity index (χ1n) is 11.2. The van der Waals surface area contributed by atoms with Crippen LogP contribution in [-0.4, -0.2) is 41.9 Å².